The molecule has 3 heteroatoms. The van der Waals surface area contributed by atoms with E-state index in [1.165, 1.54) is 0 Å². The second-order valence-corrected chi connectivity index (χ2v) is 4.66. The number of imidazole rings is 1. The van der Waals surface area contributed by atoms with Crippen molar-refractivity contribution in [1.82, 2.24) is 9.55 Å². The highest BCUT2D eigenvalue weighted by molar-refractivity contribution is 4.95. The Morgan fingerprint density at radius 1 is 1.54 bits per heavy atom. The molecule has 1 atom stereocenters. The third-order valence-electron chi connectivity index (χ3n) is 2.54. The summed E-state index contributed by atoms with van der Waals surface area (Å²) in [6.07, 6.45) is 4.16. The van der Waals surface area contributed by atoms with Gasteiger partial charge in [0.25, 0.3) is 0 Å². The molecule has 0 aromatic carbocycles. The van der Waals surface area contributed by atoms with Crippen LogP contribution in [0.3, 0.4) is 0 Å². The molecular weight excluding hydrogens is 164 g/mol. The molecule has 0 amide bonds. The van der Waals surface area contributed by atoms with Crippen LogP contribution in [0.1, 0.15) is 26.6 Å². The SMILES string of the molecule is CC(C)(C)C1Cn2ccnc2CO1. The summed E-state index contributed by atoms with van der Waals surface area (Å²) in [5, 5.41) is 0. The van der Waals surface area contributed by atoms with Crippen molar-refractivity contribution < 1.29 is 4.74 Å². The Hall–Kier alpha value is -0.830. The highest BCUT2D eigenvalue weighted by atomic mass is 16.5. The average molecular weight is 180 g/mol. The van der Waals surface area contributed by atoms with Crippen LogP contribution in [-0.4, -0.2) is 15.7 Å². The Balaban J connectivity index is 2.18. The molecule has 1 aliphatic rings. The highest BCUT2D eigenvalue weighted by Gasteiger charge is 2.29. The fourth-order valence-corrected chi connectivity index (χ4v) is 1.58. The van der Waals surface area contributed by atoms with Crippen molar-refractivity contribution in [3.8, 4) is 0 Å². The zero-order valence-electron chi connectivity index (χ0n) is 8.45. The minimum Gasteiger partial charge on any atom is -0.368 e. The predicted octanol–water partition coefficient (Wildman–Crippen LogP) is 1.83. The number of aromatic nitrogens is 2. The van der Waals surface area contributed by atoms with Crippen LogP contribution < -0.4 is 0 Å². The van der Waals surface area contributed by atoms with Gasteiger partial charge in [0.1, 0.15) is 12.4 Å². The molecule has 0 saturated heterocycles. The molecule has 0 N–H and O–H groups in total. The van der Waals surface area contributed by atoms with Gasteiger partial charge < -0.3 is 9.30 Å². The lowest BCUT2D eigenvalue weighted by Crippen LogP contribution is -2.37. The van der Waals surface area contributed by atoms with Gasteiger partial charge in [-0.1, -0.05) is 20.8 Å². The van der Waals surface area contributed by atoms with E-state index in [1.54, 1.807) is 0 Å². The molecule has 72 valence electrons. The Bertz CT molecular complexity index is 298. The van der Waals surface area contributed by atoms with Gasteiger partial charge in [-0.25, -0.2) is 4.98 Å². The summed E-state index contributed by atoms with van der Waals surface area (Å²) in [7, 11) is 0. The molecule has 1 aromatic heterocycles. The molecule has 0 bridgehead atoms. The topological polar surface area (TPSA) is 27.1 Å². The van der Waals surface area contributed by atoms with E-state index in [1.807, 2.05) is 12.4 Å². The van der Waals surface area contributed by atoms with E-state index in [0.717, 1.165) is 12.4 Å². The van der Waals surface area contributed by atoms with Gasteiger partial charge in [-0.2, -0.15) is 0 Å². The molecule has 1 aliphatic heterocycles. The van der Waals surface area contributed by atoms with Gasteiger partial charge in [0.2, 0.25) is 0 Å². The number of hydrogen-bond acceptors (Lipinski definition) is 2. The molecule has 0 radical (unpaired) electrons. The maximum absolute atomic E-state index is 5.74. The van der Waals surface area contributed by atoms with Gasteiger partial charge in [0.15, 0.2) is 0 Å². The zero-order chi connectivity index (χ0) is 9.47. The van der Waals surface area contributed by atoms with Crippen LogP contribution in [-0.2, 0) is 17.9 Å². The van der Waals surface area contributed by atoms with E-state index in [2.05, 4.69) is 30.3 Å². The van der Waals surface area contributed by atoms with Crippen molar-refractivity contribution in [2.75, 3.05) is 0 Å². The number of fused-ring (bicyclic) bond motifs is 1. The maximum atomic E-state index is 5.74. The second-order valence-electron chi connectivity index (χ2n) is 4.66. The summed E-state index contributed by atoms with van der Waals surface area (Å²) in [4.78, 5) is 4.21. The van der Waals surface area contributed by atoms with Crippen molar-refractivity contribution in [3.63, 3.8) is 0 Å². The Labute approximate surface area is 78.7 Å². The van der Waals surface area contributed by atoms with E-state index in [-0.39, 0.29) is 5.41 Å². The number of nitrogens with zero attached hydrogens (tertiary/aromatic N) is 2. The van der Waals surface area contributed by atoms with Crippen LogP contribution >= 0.6 is 0 Å². The van der Waals surface area contributed by atoms with E-state index in [9.17, 15) is 0 Å². The molecule has 2 heterocycles. The summed E-state index contributed by atoms with van der Waals surface area (Å²) in [6.45, 7) is 8.20. The van der Waals surface area contributed by atoms with Gasteiger partial charge in [0.05, 0.1) is 12.6 Å². The van der Waals surface area contributed by atoms with Gasteiger partial charge in [0, 0.05) is 12.4 Å². The smallest absolute Gasteiger partial charge is 0.134 e. The lowest BCUT2D eigenvalue weighted by Gasteiger charge is -2.34. The largest absolute Gasteiger partial charge is 0.368 e. The van der Waals surface area contributed by atoms with Crippen molar-refractivity contribution in [1.29, 1.82) is 0 Å². The predicted molar refractivity (Wildman–Crippen MR) is 50.3 cm³/mol. The van der Waals surface area contributed by atoms with Crippen LogP contribution in [0, 0.1) is 5.41 Å². The summed E-state index contributed by atoms with van der Waals surface area (Å²) >= 11 is 0. The number of rotatable bonds is 0. The Morgan fingerprint density at radius 3 is 3.00 bits per heavy atom. The van der Waals surface area contributed by atoms with E-state index >= 15 is 0 Å². The summed E-state index contributed by atoms with van der Waals surface area (Å²) in [5.74, 6) is 1.04. The average Bonchev–Trinajstić information content (AvgIpc) is 2.47. The van der Waals surface area contributed by atoms with Crippen molar-refractivity contribution in [2.24, 2.45) is 5.41 Å². The zero-order valence-corrected chi connectivity index (χ0v) is 8.45. The first-order chi connectivity index (χ1) is 6.07. The molecule has 3 nitrogen and oxygen atoms in total. The Kier molecular flexibility index (Phi) is 1.91. The fraction of sp³-hybridized carbons (Fsp3) is 0.700. The van der Waals surface area contributed by atoms with Gasteiger partial charge in [-0.05, 0) is 5.41 Å². The first-order valence-corrected chi connectivity index (χ1v) is 4.69. The Morgan fingerprint density at radius 2 is 2.31 bits per heavy atom. The first kappa shape index (κ1) is 8.75. The highest BCUT2D eigenvalue weighted by Crippen LogP contribution is 2.27. The molecule has 0 aliphatic carbocycles. The van der Waals surface area contributed by atoms with Gasteiger partial charge in [-0.15, -0.1) is 0 Å². The van der Waals surface area contributed by atoms with E-state index in [0.29, 0.717) is 12.7 Å². The minimum atomic E-state index is 0.210. The monoisotopic (exact) mass is 180 g/mol. The molecule has 13 heavy (non-hydrogen) atoms. The molecule has 0 spiro atoms. The van der Waals surface area contributed by atoms with Crippen molar-refractivity contribution in [2.45, 2.75) is 40.0 Å². The van der Waals surface area contributed by atoms with Crippen LogP contribution in [0.15, 0.2) is 12.4 Å². The second kappa shape index (κ2) is 2.84. The summed E-state index contributed by atoms with van der Waals surface area (Å²) in [6, 6.07) is 0. The first-order valence-electron chi connectivity index (χ1n) is 4.69. The van der Waals surface area contributed by atoms with Crippen LogP contribution in [0.2, 0.25) is 0 Å². The van der Waals surface area contributed by atoms with Crippen LogP contribution in [0.25, 0.3) is 0 Å². The third-order valence-corrected chi connectivity index (χ3v) is 2.54. The summed E-state index contributed by atoms with van der Waals surface area (Å²) < 4.78 is 7.92. The third kappa shape index (κ3) is 1.61. The molecule has 1 unspecified atom stereocenters. The van der Waals surface area contributed by atoms with Crippen molar-refractivity contribution in [3.05, 3.63) is 18.2 Å². The maximum Gasteiger partial charge on any atom is 0.134 e. The number of hydrogen-bond donors (Lipinski definition) is 0. The van der Waals surface area contributed by atoms with Crippen LogP contribution in [0.5, 0.6) is 0 Å². The van der Waals surface area contributed by atoms with Gasteiger partial charge in [-0.3, -0.25) is 0 Å². The number of ether oxygens (including phenoxy) is 1. The van der Waals surface area contributed by atoms with Crippen molar-refractivity contribution >= 4 is 0 Å². The van der Waals surface area contributed by atoms with E-state index < -0.39 is 0 Å². The molecule has 1 aromatic rings. The van der Waals surface area contributed by atoms with Crippen LogP contribution in [0.4, 0.5) is 0 Å². The van der Waals surface area contributed by atoms with E-state index in [4.69, 9.17) is 4.74 Å². The molecule has 0 saturated carbocycles. The minimum absolute atomic E-state index is 0.210. The lowest BCUT2D eigenvalue weighted by atomic mass is 9.88. The standard InChI is InChI=1S/C10H16N2O/c1-10(2,3)8-6-12-5-4-11-9(12)7-13-8/h4-5,8H,6-7H2,1-3H3. The molecular formula is C10H16N2O. The molecule has 2 rings (SSSR count). The van der Waals surface area contributed by atoms with Gasteiger partial charge >= 0.3 is 0 Å². The lowest BCUT2D eigenvalue weighted by molar-refractivity contribution is -0.0593. The normalized spacial score (nSPS) is 22.8. The fourth-order valence-electron chi connectivity index (χ4n) is 1.58. The summed E-state index contributed by atoms with van der Waals surface area (Å²) in [5.41, 5.74) is 0.210. The molecule has 0 fully saturated rings. The quantitative estimate of drug-likeness (QED) is 0.609.